The van der Waals surface area contributed by atoms with Crippen LogP contribution in [0.25, 0.3) is 0 Å². The highest BCUT2D eigenvalue weighted by molar-refractivity contribution is 4.84. The molecule has 1 aliphatic rings. The van der Waals surface area contributed by atoms with Gasteiger partial charge in [-0.2, -0.15) is 0 Å². The maximum absolute atomic E-state index is 3.94. The summed E-state index contributed by atoms with van der Waals surface area (Å²) >= 11 is 0. The Morgan fingerprint density at radius 3 is 2.30 bits per heavy atom. The van der Waals surface area contributed by atoms with E-state index in [0.29, 0.717) is 6.04 Å². The van der Waals surface area contributed by atoms with Crippen LogP contribution in [0.15, 0.2) is 0 Å². The second-order valence-electron chi connectivity index (χ2n) is 7.04. The van der Waals surface area contributed by atoms with E-state index in [1.807, 2.05) is 0 Å². The zero-order chi connectivity index (χ0) is 15.0. The van der Waals surface area contributed by atoms with E-state index in [1.165, 1.54) is 58.2 Å². The van der Waals surface area contributed by atoms with Gasteiger partial charge in [-0.3, -0.25) is 0 Å². The Kier molecular flexibility index (Phi) is 8.79. The Bertz CT molecular complexity index is 236. The average molecular weight is 283 g/mol. The lowest BCUT2D eigenvalue weighted by Crippen LogP contribution is -2.45. The lowest BCUT2D eigenvalue weighted by atomic mass is 9.77. The maximum atomic E-state index is 3.94. The van der Waals surface area contributed by atoms with E-state index in [2.05, 4.69) is 44.8 Å². The van der Waals surface area contributed by atoms with Crippen LogP contribution in [0.3, 0.4) is 0 Å². The molecule has 0 aromatic rings. The molecular weight excluding hydrogens is 244 g/mol. The van der Waals surface area contributed by atoms with Crippen molar-refractivity contribution in [2.75, 3.05) is 19.6 Å². The van der Waals surface area contributed by atoms with Crippen LogP contribution in [0.2, 0.25) is 0 Å². The highest BCUT2D eigenvalue weighted by Gasteiger charge is 2.27. The molecule has 0 radical (unpaired) electrons. The lowest BCUT2D eigenvalue weighted by Gasteiger charge is -2.37. The molecule has 0 saturated heterocycles. The van der Waals surface area contributed by atoms with E-state index in [0.717, 1.165) is 17.9 Å². The van der Waals surface area contributed by atoms with Crippen molar-refractivity contribution in [3.63, 3.8) is 0 Å². The molecular formula is C18H38N2. The number of hydrogen-bond donors (Lipinski definition) is 1. The van der Waals surface area contributed by atoms with Crippen LogP contribution < -0.4 is 5.32 Å². The predicted octanol–water partition coefficient (Wildman–Crippen LogP) is 4.30. The van der Waals surface area contributed by atoms with Gasteiger partial charge in [0.05, 0.1) is 0 Å². The van der Waals surface area contributed by atoms with Gasteiger partial charge in [0.1, 0.15) is 0 Å². The Morgan fingerprint density at radius 1 is 1.05 bits per heavy atom. The van der Waals surface area contributed by atoms with Gasteiger partial charge in [0.15, 0.2) is 0 Å². The van der Waals surface area contributed by atoms with E-state index in [1.54, 1.807) is 0 Å². The molecule has 0 amide bonds. The Balaban J connectivity index is 2.27. The first-order valence-electron chi connectivity index (χ1n) is 9.06. The zero-order valence-electron chi connectivity index (χ0n) is 14.6. The van der Waals surface area contributed by atoms with E-state index in [9.17, 15) is 0 Å². The van der Waals surface area contributed by atoms with Crippen molar-refractivity contribution in [1.29, 1.82) is 0 Å². The third kappa shape index (κ3) is 6.13. The zero-order valence-corrected chi connectivity index (χ0v) is 14.6. The predicted molar refractivity (Wildman–Crippen MR) is 90.2 cm³/mol. The third-order valence-electron chi connectivity index (χ3n) is 5.18. The molecule has 20 heavy (non-hydrogen) atoms. The quantitative estimate of drug-likeness (QED) is 0.678. The molecule has 1 N–H and O–H groups in total. The minimum atomic E-state index is 0.676. The standard InChI is InChI=1S/C18H38N2/c1-6-20(7-2)14-10-11-16(5)19-18-13-9-8-12-17(18)15(3)4/h15-19H,6-14H2,1-5H3. The third-order valence-corrected chi connectivity index (χ3v) is 5.18. The van der Waals surface area contributed by atoms with Crippen molar-refractivity contribution < 1.29 is 0 Å². The van der Waals surface area contributed by atoms with Gasteiger partial charge < -0.3 is 10.2 Å². The summed E-state index contributed by atoms with van der Waals surface area (Å²) in [6, 6.07) is 1.45. The smallest absolute Gasteiger partial charge is 0.0100 e. The highest BCUT2D eigenvalue weighted by Crippen LogP contribution is 2.30. The lowest BCUT2D eigenvalue weighted by molar-refractivity contribution is 0.190. The average Bonchev–Trinajstić information content (AvgIpc) is 2.44. The van der Waals surface area contributed by atoms with Gasteiger partial charge in [-0.15, -0.1) is 0 Å². The van der Waals surface area contributed by atoms with Crippen LogP contribution in [0.4, 0.5) is 0 Å². The maximum Gasteiger partial charge on any atom is 0.0100 e. The summed E-state index contributed by atoms with van der Waals surface area (Å²) in [5.74, 6) is 1.73. The Hall–Kier alpha value is -0.0800. The molecule has 2 heteroatoms. The number of nitrogens with one attached hydrogen (secondary N) is 1. The molecule has 1 aliphatic carbocycles. The first-order chi connectivity index (χ1) is 9.58. The molecule has 3 atom stereocenters. The van der Waals surface area contributed by atoms with Crippen LogP contribution in [0, 0.1) is 11.8 Å². The molecule has 0 heterocycles. The highest BCUT2D eigenvalue weighted by atomic mass is 15.1. The number of hydrogen-bond acceptors (Lipinski definition) is 2. The van der Waals surface area contributed by atoms with Crippen molar-refractivity contribution in [2.45, 2.75) is 85.2 Å². The van der Waals surface area contributed by atoms with Crippen molar-refractivity contribution >= 4 is 0 Å². The summed E-state index contributed by atoms with van der Waals surface area (Å²) in [5.41, 5.74) is 0. The molecule has 0 aliphatic heterocycles. The first kappa shape index (κ1) is 18.0. The van der Waals surface area contributed by atoms with Gasteiger partial charge in [0, 0.05) is 12.1 Å². The SMILES string of the molecule is CCN(CC)CCCC(C)NC1CCCCC1C(C)C. The molecule has 1 rings (SSSR count). The molecule has 0 spiro atoms. The topological polar surface area (TPSA) is 15.3 Å². The van der Waals surface area contributed by atoms with Gasteiger partial charge in [-0.25, -0.2) is 0 Å². The minimum Gasteiger partial charge on any atom is -0.311 e. The van der Waals surface area contributed by atoms with E-state index < -0.39 is 0 Å². The van der Waals surface area contributed by atoms with Gasteiger partial charge in [-0.05, 0) is 64.1 Å². The fourth-order valence-corrected chi connectivity index (χ4v) is 3.77. The summed E-state index contributed by atoms with van der Waals surface area (Å²) in [4.78, 5) is 2.53. The normalized spacial score (nSPS) is 25.4. The van der Waals surface area contributed by atoms with Crippen LogP contribution in [0.5, 0.6) is 0 Å². The number of nitrogens with zero attached hydrogens (tertiary/aromatic N) is 1. The van der Waals surface area contributed by atoms with E-state index in [4.69, 9.17) is 0 Å². The van der Waals surface area contributed by atoms with Crippen LogP contribution in [-0.4, -0.2) is 36.6 Å². The van der Waals surface area contributed by atoms with Crippen LogP contribution >= 0.6 is 0 Å². The summed E-state index contributed by atoms with van der Waals surface area (Å²) < 4.78 is 0. The molecule has 0 aromatic heterocycles. The largest absolute Gasteiger partial charge is 0.311 e. The fraction of sp³-hybridized carbons (Fsp3) is 1.00. The van der Waals surface area contributed by atoms with Crippen LogP contribution in [-0.2, 0) is 0 Å². The molecule has 3 unspecified atom stereocenters. The van der Waals surface area contributed by atoms with E-state index >= 15 is 0 Å². The van der Waals surface area contributed by atoms with Crippen molar-refractivity contribution in [2.24, 2.45) is 11.8 Å². The second-order valence-corrected chi connectivity index (χ2v) is 7.04. The summed E-state index contributed by atoms with van der Waals surface area (Å²) in [6.45, 7) is 15.4. The summed E-state index contributed by atoms with van der Waals surface area (Å²) in [7, 11) is 0. The van der Waals surface area contributed by atoms with Gasteiger partial charge in [0.2, 0.25) is 0 Å². The first-order valence-corrected chi connectivity index (χ1v) is 9.06. The Morgan fingerprint density at radius 2 is 1.70 bits per heavy atom. The molecule has 120 valence electrons. The van der Waals surface area contributed by atoms with E-state index in [-0.39, 0.29) is 0 Å². The molecule has 0 bridgehead atoms. The van der Waals surface area contributed by atoms with Crippen molar-refractivity contribution in [3.8, 4) is 0 Å². The Labute approximate surface area is 127 Å². The molecule has 1 fully saturated rings. The summed E-state index contributed by atoms with van der Waals surface area (Å²) in [6.07, 6.45) is 8.34. The van der Waals surface area contributed by atoms with Crippen molar-refractivity contribution in [3.05, 3.63) is 0 Å². The van der Waals surface area contributed by atoms with Gasteiger partial charge in [0.25, 0.3) is 0 Å². The minimum absolute atomic E-state index is 0.676. The molecule has 0 aromatic carbocycles. The van der Waals surface area contributed by atoms with Gasteiger partial charge in [-0.1, -0.05) is 40.5 Å². The van der Waals surface area contributed by atoms with Crippen LogP contribution in [0.1, 0.15) is 73.1 Å². The molecule has 2 nitrogen and oxygen atoms in total. The van der Waals surface area contributed by atoms with Gasteiger partial charge >= 0.3 is 0 Å². The second kappa shape index (κ2) is 9.78. The summed E-state index contributed by atoms with van der Waals surface area (Å²) in [5, 5.41) is 3.94. The molecule has 1 saturated carbocycles. The van der Waals surface area contributed by atoms with Crippen molar-refractivity contribution in [1.82, 2.24) is 10.2 Å². The monoisotopic (exact) mass is 282 g/mol. The fourth-order valence-electron chi connectivity index (χ4n) is 3.77. The number of rotatable bonds is 9.